The molecule has 1 heterocycles. The molecule has 4 heteroatoms. The average Bonchev–Trinajstić information content (AvgIpc) is 2.34. The number of hydrogen-bond acceptors (Lipinski definition) is 4. The number of hydrogen-bond donors (Lipinski definition) is 1. The van der Waals surface area contributed by atoms with E-state index in [0.717, 1.165) is 23.6 Å². The lowest BCUT2D eigenvalue weighted by Gasteiger charge is -2.28. The Hall–Kier alpha value is -0.740. The molecule has 0 saturated carbocycles. The fourth-order valence-corrected chi connectivity index (χ4v) is 2.30. The summed E-state index contributed by atoms with van der Waals surface area (Å²) in [6, 6.07) is 4.23. The minimum absolute atomic E-state index is 0.426. The van der Waals surface area contributed by atoms with Crippen LogP contribution in [0.2, 0.25) is 0 Å². The average molecular weight is 254 g/mol. The molecule has 1 unspecified atom stereocenters. The quantitative estimate of drug-likeness (QED) is 0.847. The van der Waals surface area contributed by atoms with Gasteiger partial charge in [0, 0.05) is 24.8 Å². The van der Waals surface area contributed by atoms with Crippen molar-refractivity contribution in [2.45, 2.75) is 32.4 Å². The van der Waals surface area contributed by atoms with Gasteiger partial charge in [-0.15, -0.1) is 0 Å². The van der Waals surface area contributed by atoms with Gasteiger partial charge >= 0.3 is 0 Å². The zero-order valence-electron chi connectivity index (χ0n) is 11.1. The lowest BCUT2D eigenvalue weighted by Crippen LogP contribution is -2.31. The molecule has 0 aliphatic rings. The van der Waals surface area contributed by atoms with Crippen LogP contribution in [-0.4, -0.2) is 35.2 Å². The van der Waals surface area contributed by atoms with E-state index in [9.17, 15) is 5.11 Å². The summed E-state index contributed by atoms with van der Waals surface area (Å²) in [5.74, 6) is 2.03. The number of aliphatic hydroxyl groups excluding tert-OH is 1. The van der Waals surface area contributed by atoms with Gasteiger partial charge in [0.1, 0.15) is 5.82 Å². The minimum Gasteiger partial charge on any atom is -0.389 e. The van der Waals surface area contributed by atoms with Crippen molar-refractivity contribution in [1.82, 2.24) is 4.98 Å². The van der Waals surface area contributed by atoms with Gasteiger partial charge in [-0.05, 0) is 38.3 Å². The van der Waals surface area contributed by atoms with Crippen LogP contribution >= 0.6 is 11.8 Å². The summed E-state index contributed by atoms with van der Waals surface area (Å²) >= 11 is 1.86. The lowest BCUT2D eigenvalue weighted by molar-refractivity contribution is 0.199. The molecule has 0 aromatic carbocycles. The zero-order valence-corrected chi connectivity index (χ0v) is 11.9. The van der Waals surface area contributed by atoms with E-state index in [0.29, 0.717) is 6.04 Å². The number of aliphatic hydroxyl groups is 1. The maximum atomic E-state index is 9.74. The second-order valence-electron chi connectivity index (χ2n) is 4.33. The smallest absolute Gasteiger partial charge is 0.134 e. The summed E-state index contributed by atoms with van der Waals surface area (Å²) in [5, 5.41) is 9.74. The van der Waals surface area contributed by atoms with E-state index in [1.807, 2.05) is 30.9 Å². The molecule has 0 saturated heterocycles. The van der Waals surface area contributed by atoms with Crippen LogP contribution in [0.25, 0.3) is 0 Å². The molecule has 0 spiro atoms. The molecule has 1 aromatic rings. The fourth-order valence-electron chi connectivity index (χ4n) is 1.72. The highest BCUT2D eigenvalue weighted by Gasteiger charge is 2.16. The molecule has 0 fully saturated rings. The van der Waals surface area contributed by atoms with Crippen molar-refractivity contribution in [2.24, 2.45) is 0 Å². The monoisotopic (exact) mass is 254 g/mol. The van der Waals surface area contributed by atoms with Crippen molar-refractivity contribution in [2.75, 3.05) is 24.0 Å². The highest BCUT2D eigenvalue weighted by molar-refractivity contribution is 7.98. The van der Waals surface area contributed by atoms with Gasteiger partial charge in [-0.1, -0.05) is 6.07 Å². The third-order valence-electron chi connectivity index (χ3n) is 3.00. The molecule has 3 nitrogen and oxygen atoms in total. The molecule has 1 rings (SSSR count). The van der Waals surface area contributed by atoms with Crippen LogP contribution in [0, 0.1) is 0 Å². The van der Waals surface area contributed by atoms with Crippen LogP contribution < -0.4 is 4.90 Å². The van der Waals surface area contributed by atoms with Crippen molar-refractivity contribution in [3.63, 3.8) is 0 Å². The topological polar surface area (TPSA) is 36.4 Å². The highest BCUT2D eigenvalue weighted by atomic mass is 32.2. The van der Waals surface area contributed by atoms with E-state index >= 15 is 0 Å². The minimum atomic E-state index is -0.478. The predicted molar refractivity (Wildman–Crippen MR) is 75.7 cm³/mol. The van der Waals surface area contributed by atoms with Crippen molar-refractivity contribution in [3.8, 4) is 0 Å². The Balaban J connectivity index is 2.83. The third kappa shape index (κ3) is 3.89. The Bertz CT molecular complexity index is 344. The standard InChI is InChI=1S/C13H22N2OS/c1-10(7-9-17-4)15(3)13-12(11(2)16)6-5-8-14-13/h5-6,8,10-11,16H,7,9H2,1-4H3/t10?,11-/m1/s1. The van der Waals surface area contributed by atoms with E-state index in [2.05, 4.69) is 23.1 Å². The largest absolute Gasteiger partial charge is 0.389 e. The van der Waals surface area contributed by atoms with Crippen molar-refractivity contribution in [3.05, 3.63) is 23.9 Å². The van der Waals surface area contributed by atoms with Gasteiger partial charge in [0.2, 0.25) is 0 Å². The molecular formula is C13H22N2OS. The zero-order chi connectivity index (χ0) is 12.8. The number of aromatic nitrogens is 1. The van der Waals surface area contributed by atoms with E-state index < -0.39 is 6.10 Å². The van der Waals surface area contributed by atoms with Crippen molar-refractivity contribution >= 4 is 17.6 Å². The van der Waals surface area contributed by atoms with Gasteiger partial charge in [0.15, 0.2) is 0 Å². The first-order valence-corrected chi connectivity index (χ1v) is 7.32. The summed E-state index contributed by atoms with van der Waals surface area (Å²) in [6.45, 7) is 3.97. The maximum absolute atomic E-state index is 9.74. The summed E-state index contributed by atoms with van der Waals surface area (Å²) < 4.78 is 0. The van der Waals surface area contributed by atoms with E-state index in [1.54, 1.807) is 13.1 Å². The van der Waals surface area contributed by atoms with Crippen LogP contribution in [0.4, 0.5) is 5.82 Å². The Morgan fingerprint density at radius 3 is 2.76 bits per heavy atom. The molecule has 0 aliphatic carbocycles. The van der Waals surface area contributed by atoms with E-state index in [4.69, 9.17) is 0 Å². The Labute approximate surface area is 108 Å². The molecule has 2 atom stereocenters. The first kappa shape index (κ1) is 14.3. The van der Waals surface area contributed by atoms with Gasteiger partial charge < -0.3 is 10.0 Å². The second-order valence-corrected chi connectivity index (χ2v) is 5.32. The second kappa shape index (κ2) is 6.87. The van der Waals surface area contributed by atoms with Gasteiger partial charge in [0.05, 0.1) is 6.10 Å². The van der Waals surface area contributed by atoms with E-state index in [1.165, 1.54) is 0 Å². The summed E-state index contributed by atoms with van der Waals surface area (Å²) in [4.78, 5) is 6.54. The molecule has 0 amide bonds. The highest BCUT2D eigenvalue weighted by Crippen LogP contribution is 2.24. The lowest BCUT2D eigenvalue weighted by atomic mass is 10.1. The number of rotatable bonds is 6. The number of nitrogens with zero attached hydrogens (tertiary/aromatic N) is 2. The van der Waals surface area contributed by atoms with E-state index in [-0.39, 0.29) is 0 Å². The molecular weight excluding hydrogens is 232 g/mol. The summed E-state index contributed by atoms with van der Waals surface area (Å²) in [6.07, 6.45) is 4.54. The first-order valence-electron chi connectivity index (χ1n) is 5.92. The Morgan fingerprint density at radius 1 is 1.47 bits per heavy atom. The Kier molecular flexibility index (Phi) is 5.78. The maximum Gasteiger partial charge on any atom is 0.134 e. The van der Waals surface area contributed by atoms with Gasteiger partial charge in [-0.3, -0.25) is 0 Å². The van der Waals surface area contributed by atoms with Gasteiger partial charge in [-0.25, -0.2) is 4.98 Å². The number of thioether (sulfide) groups is 1. The first-order chi connectivity index (χ1) is 8.07. The molecule has 17 heavy (non-hydrogen) atoms. The van der Waals surface area contributed by atoms with Crippen LogP contribution in [0.5, 0.6) is 0 Å². The summed E-state index contributed by atoms with van der Waals surface area (Å²) in [7, 11) is 2.04. The van der Waals surface area contributed by atoms with Crippen molar-refractivity contribution in [1.29, 1.82) is 0 Å². The number of pyridine rings is 1. The fraction of sp³-hybridized carbons (Fsp3) is 0.615. The molecule has 96 valence electrons. The predicted octanol–water partition coefficient (Wildman–Crippen LogP) is 2.71. The molecule has 0 radical (unpaired) electrons. The number of anilines is 1. The third-order valence-corrected chi connectivity index (χ3v) is 3.65. The SMILES string of the molecule is CSCCC(C)N(C)c1ncccc1[C@@H](C)O. The molecule has 0 aliphatic heterocycles. The van der Waals surface area contributed by atoms with Crippen LogP contribution in [0.3, 0.4) is 0 Å². The van der Waals surface area contributed by atoms with Crippen LogP contribution in [0.1, 0.15) is 31.9 Å². The molecule has 0 bridgehead atoms. The Morgan fingerprint density at radius 2 is 2.18 bits per heavy atom. The normalized spacial score (nSPS) is 14.4. The molecule has 1 aromatic heterocycles. The molecule has 1 N–H and O–H groups in total. The van der Waals surface area contributed by atoms with Gasteiger partial charge in [-0.2, -0.15) is 11.8 Å². The van der Waals surface area contributed by atoms with Crippen LogP contribution in [-0.2, 0) is 0 Å². The van der Waals surface area contributed by atoms with Crippen LogP contribution in [0.15, 0.2) is 18.3 Å². The van der Waals surface area contributed by atoms with Gasteiger partial charge in [0.25, 0.3) is 0 Å². The van der Waals surface area contributed by atoms with Crippen molar-refractivity contribution < 1.29 is 5.11 Å². The summed E-state index contributed by atoms with van der Waals surface area (Å²) in [5.41, 5.74) is 0.894.